The predicted molar refractivity (Wildman–Crippen MR) is 123 cm³/mol. The van der Waals surface area contributed by atoms with Crippen molar-refractivity contribution < 1.29 is 13.9 Å². The van der Waals surface area contributed by atoms with Crippen LogP contribution in [-0.2, 0) is 9.53 Å². The summed E-state index contributed by atoms with van der Waals surface area (Å²) >= 11 is 11.8. The van der Waals surface area contributed by atoms with Crippen molar-refractivity contribution in [1.82, 2.24) is 15.2 Å². The summed E-state index contributed by atoms with van der Waals surface area (Å²) in [5.41, 5.74) is 2.68. The summed E-state index contributed by atoms with van der Waals surface area (Å²) in [6, 6.07) is 14.7. The lowest BCUT2D eigenvalue weighted by molar-refractivity contribution is -0.143. The maximum absolute atomic E-state index is 12.2. The Labute approximate surface area is 191 Å². The first kappa shape index (κ1) is 21.3. The number of halogens is 1. The van der Waals surface area contributed by atoms with Gasteiger partial charge < -0.3 is 19.4 Å². The molecular weight excluding hydrogens is 434 g/mol. The van der Waals surface area contributed by atoms with Gasteiger partial charge in [-0.05, 0) is 62.0 Å². The van der Waals surface area contributed by atoms with Gasteiger partial charge >= 0.3 is 5.97 Å². The van der Waals surface area contributed by atoms with Crippen LogP contribution >= 0.6 is 23.8 Å². The SMILES string of the molecule is CCOC(=O)CN1C(=S)N[C@@H](c2ccccn2)[C@@H]1c1ccc(-c2ccc(C)c(Cl)c2)o1. The molecule has 2 aromatic heterocycles. The van der Waals surface area contributed by atoms with E-state index in [0.717, 1.165) is 16.8 Å². The molecule has 8 heteroatoms. The molecule has 31 heavy (non-hydrogen) atoms. The molecule has 1 aliphatic heterocycles. The summed E-state index contributed by atoms with van der Waals surface area (Å²) < 4.78 is 11.4. The van der Waals surface area contributed by atoms with Gasteiger partial charge in [-0.25, -0.2) is 0 Å². The molecule has 1 N–H and O–H groups in total. The molecule has 2 atom stereocenters. The lowest BCUT2D eigenvalue weighted by Gasteiger charge is -2.25. The minimum Gasteiger partial charge on any atom is -0.465 e. The molecule has 0 spiro atoms. The van der Waals surface area contributed by atoms with E-state index in [0.29, 0.717) is 28.3 Å². The van der Waals surface area contributed by atoms with Gasteiger partial charge in [-0.15, -0.1) is 0 Å². The number of carbonyl (C=O) groups excluding carboxylic acids is 1. The number of ether oxygens (including phenoxy) is 1. The molecule has 1 aromatic carbocycles. The van der Waals surface area contributed by atoms with Gasteiger partial charge in [-0.1, -0.05) is 29.8 Å². The summed E-state index contributed by atoms with van der Waals surface area (Å²) in [5.74, 6) is 1.000. The fourth-order valence-corrected chi connectivity index (χ4v) is 4.13. The third kappa shape index (κ3) is 4.43. The van der Waals surface area contributed by atoms with Crippen molar-refractivity contribution >= 4 is 34.9 Å². The lowest BCUT2D eigenvalue weighted by atomic mass is 10.0. The number of hydrogen-bond acceptors (Lipinski definition) is 5. The minimum atomic E-state index is -0.360. The highest BCUT2D eigenvalue weighted by Crippen LogP contribution is 2.40. The standard InChI is InChI=1S/C23H22ClN3O3S/c1-3-29-20(28)13-27-22(21(26-23(27)31)17-6-4-5-11-25-17)19-10-9-18(30-19)15-8-7-14(2)16(24)12-15/h4-12,21-22H,3,13H2,1-2H3,(H,26,31)/t21-,22-/m0/s1. The first-order valence-corrected chi connectivity index (χ1v) is 10.8. The third-order valence-electron chi connectivity index (χ3n) is 5.18. The quantitative estimate of drug-likeness (QED) is 0.421. The van der Waals surface area contributed by atoms with Crippen LogP contribution in [0.15, 0.2) is 59.1 Å². The smallest absolute Gasteiger partial charge is 0.325 e. The van der Waals surface area contributed by atoms with Crippen molar-refractivity contribution in [3.8, 4) is 11.3 Å². The zero-order valence-electron chi connectivity index (χ0n) is 17.2. The fraction of sp³-hybridized carbons (Fsp3) is 0.261. The van der Waals surface area contributed by atoms with Crippen molar-refractivity contribution in [2.24, 2.45) is 0 Å². The molecule has 0 aliphatic carbocycles. The lowest BCUT2D eigenvalue weighted by Crippen LogP contribution is -2.35. The summed E-state index contributed by atoms with van der Waals surface area (Å²) in [4.78, 5) is 18.5. The Kier molecular flexibility index (Phi) is 6.25. The third-order valence-corrected chi connectivity index (χ3v) is 5.94. The topological polar surface area (TPSA) is 67.6 Å². The fourth-order valence-electron chi connectivity index (χ4n) is 3.64. The largest absolute Gasteiger partial charge is 0.465 e. The second-order valence-electron chi connectivity index (χ2n) is 7.23. The molecule has 3 aromatic rings. The van der Waals surface area contributed by atoms with Crippen LogP contribution in [0.2, 0.25) is 5.02 Å². The van der Waals surface area contributed by atoms with Crippen LogP contribution in [0.1, 0.15) is 36.0 Å². The minimum absolute atomic E-state index is 0.0140. The number of furan rings is 1. The Hall–Kier alpha value is -2.90. The Morgan fingerprint density at radius 2 is 2.13 bits per heavy atom. The number of aryl methyl sites for hydroxylation is 1. The molecule has 1 aliphatic rings. The van der Waals surface area contributed by atoms with Crippen LogP contribution in [0.3, 0.4) is 0 Å². The maximum Gasteiger partial charge on any atom is 0.325 e. The number of thiocarbonyl (C=S) groups is 1. The first-order chi connectivity index (χ1) is 15.0. The highest BCUT2D eigenvalue weighted by Gasteiger charge is 2.42. The molecular formula is C23H22ClN3O3S. The number of aromatic nitrogens is 1. The zero-order chi connectivity index (χ0) is 22.0. The van der Waals surface area contributed by atoms with E-state index >= 15 is 0 Å². The highest BCUT2D eigenvalue weighted by molar-refractivity contribution is 7.80. The molecule has 0 unspecified atom stereocenters. The Balaban J connectivity index is 1.71. The number of carbonyl (C=O) groups is 1. The summed E-state index contributed by atoms with van der Waals surface area (Å²) in [6.45, 7) is 4.05. The van der Waals surface area contributed by atoms with Crippen LogP contribution in [0, 0.1) is 6.92 Å². The summed E-state index contributed by atoms with van der Waals surface area (Å²) in [6.07, 6.45) is 1.73. The molecule has 3 heterocycles. The molecule has 6 nitrogen and oxygen atoms in total. The molecule has 0 bridgehead atoms. The van der Waals surface area contributed by atoms with Gasteiger partial charge in [0.1, 0.15) is 24.1 Å². The number of nitrogens with zero attached hydrogens (tertiary/aromatic N) is 2. The molecule has 1 fully saturated rings. The van der Waals surface area contributed by atoms with E-state index in [1.165, 1.54) is 0 Å². The van der Waals surface area contributed by atoms with Crippen molar-refractivity contribution in [1.29, 1.82) is 0 Å². The molecule has 160 valence electrons. The van der Waals surface area contributed by atoms with E-state index in [4.69, 9.17) is 33.0 Å². The number of nitrogens with one attached hydrogen (secondary N) is 1. The highest BCUT2D eigenvalue weighted by atomic mass is 35.5. The number of pyridine rings is 1. The van der Waals surface area contributed by atoms with E-state index in [-0.39, 0.29) is 24.6 Å². The molecule has 0 radical (unpaired) electrons. The summed E-state index contributed by atoms with van der Waals surface area (Å²) in [7, 11) is 0. The predicted octanol–water partition coefficient (Wildman–Crippen LogP) is 4.84. The van der Waals surface area contributed by atoms with Crippen LogP contribution in [0.5, 0.6) is 0 Å². The molecule has 1 saturated heterocycles. The van der Waals surface area contributed by atoms with Crippen molar-refractivity contribution in [3.63, 3.8) is 0 Å². The molecule has 0 amide bonds. The summed E-state index contributed by atoms with van der Waals surface area (Å²) in [5, 5.41) is 4.41. The average molecular weight is 456 g/mol. The van der Waals surface area contributed by atoms with Crippen molar-refractivity contribution in [2.75, 3.05) is 13.2 Å². The second-order valence-corrected chi connectivity index (χ2v) is 8.02. The van der Waals surface area contributed by atoms with E-state index in [2.05, 4.69) is 10.3 Å². The zero-order valence-corrected chi connectivity index (χ0v) is 18.7. The van der Waals surface area contributed by atoms with Gasteiger partial charge in [-0.3, -0.25) is 9.78 Å². The van der Waals surface area contributed by atoms with Gasteiger partial charge in [0.05, 0.1) is 18.3 Å². The van der Waals surface area contributed by atoms with Crippen LogP contribution < -0.4 is 5.32 Å². The van der Waals surface area contributed by atoms with Gasteiger partial charge in [0, 0.05) is 16.8 Å². The van der Waals surface area contributed by atoms with E-state index < -0.39 is 0 Å². The normalized spacial score (nSPS) is 18.2. The van der Waals surface area contributed by atoms with Gasteiger partial charge in [0.2, 0.25) is 0 Å². The number of rotatable bonds is 6. The van der Waals surface area contributed by atoms with Crippen LogP contribution in [-0.4, -0.2) is 34.1 Å². The van der Waals surface area contributed by atoms with Gasteiger partial charge in [-0.2, -0.15) is 0 Å². The van der Waals surface area contributed by atoms with E-state index in [9.17, 15) is 4.79 Å². The second kappa shape index (κ2) is 9.08. The van der Waals surface area contributed by atoms with Gasteiger partial charge in [0.25, 0.3) is 0 Å². The molecule has 0 saturated carbocycles. The van der Waals surface area contributed by atoms with E-state index in [1.54, 1.807) is 18.0 Å². The van der Waals surface area contributed by atoms with Crippen LogP contribution in [0.25, 0.3) is 11.3 Å². The van der Waals surface area contributed by atoms with Crippen molar-refractivity contribution in [3.05, 3.63) is 76.8 Å². The maximum atomic E-state index is 12.2. The number of hydrogen-bond donors (Lipinski definition) is 1. The average Bonchev–Trinajstić information content (AvgIpc) is 3.36. The van der Waals surface area contributed by atoms with Gasteiger partial charge in [0.15, 0.2) is 5.11 Å². The first-order valence-electron chi connectivity index (χ1n) is 9.98. The Bertz CT molecular complexity index is 1100. The Morgan fingerprint density at radius 1 is 1.29 bits per heavy atom. The van der Waals surface area contributed by atoms with Crippen LogP contribution in [0.4, 0.5) is 0 Å². The molecule has 4 rings (SSSR count). The monoisotopic (exact) mass is 455 g/mol. The van der Waals surface area contributed by atoms with Crippen molar-refractivity contribution in [2.45, 2.75) is 25.9 Å². The number of esters is 1. The number of benzene rings is 1. The van der Waals surface area contributed by atoms with E-state index in [1.807, 2.05) is 55.5 Å². The Morgan fingerprint density at radius 3 is 2.84 bits per heavy atom.